The number of benzene rings is 2. The number of aryl methyl sites for hydroxylation is 2. The third-order valence-corrected chi connectivity index (χ3v) is 5.41. The number of carbonyl (C=O) groups is 1. The number of thiazole rings is 1. The van der Waals surface area contributed by atoms with Crippen LogP contribution in [0.4, 0.5) is 5.13 Å². The summed E-state index contributed by atoms with van der Waals surface area (Å²) >= 11 is 1.38. The van der Waals surface area contributed by atoms with Crippen LogP contribution in [-0.2, 0) is 11.2 Å². The number of hydrogen-bond donors (Lipinski definition) is 2. The average molecular weight is 390 g/mol. The molecule has 0 atom stereocenters. The van der Waals surface area contributed by atoms with E-state index in [0.717, 1.165) is 11.3 Å². The van der Waals surface area contributed by atoms with Crippen molar-refractivity contribution in [2.24, 2.45) is 0 Å². The Balaban J connectivity index is 1.52. The summed E-state index contributed by atoms with van der Waals surface area (Å²) in [6, 6.07) is 13.3. The Hall–Kier alpha value is -3.32. The highest BCUT2D eigenvalue weighted by atomic mass is 32.1. The first-order valence-corrected chi connectivity index (χ1v) is 9.68. The number of hydrogen-bond acceptors (Lipinski definition) is 5. The summed E-state index contributed by atoms with van der Waals surface area (Å²) in [6.45, 7) is 4.13. The lowest BCUT2D eigenvalue weighted by atomic mass is 10.1. The van der Waals surface area contributed by atoms with Gasteiger partial charge in [-0.1, -0.05) is 30.3 Å². The standard InChI is InChI=1S/C21H18N4O2S/c1-12-7-8-14(9-13(12)2)18-11-28-21(22-18)23-19(26)10-17-15-5-3-4-6-16(15)20(27)25-24-17/h3-9,11H,10H2,1-2H3,(H,25,27)(H,22,23,26). The van der Waals surface area contributed by atoms with Crippen molar-refractivity contribution in [3.8, 4) is 11.3 Å². The molecule has 0 aliphatic carbocycles. The van der Waals surface area contributed by atoms with Crippen LogP contribution in [-0.4, -0.2) is 21.1 Å². The lowest BCUT2D eigenvalue weighted by Crippen LogP contribution is -2.18. The van der Waals surface area contributed by atoms with Crippen molar-refractivity contribution in [1.29, 1.82) is 0 Å². The molecule has 28 heavy (non-hydrogen) atoms. The van der Waals surface area contributed by atoms with Gasteiger partial charge in [0, 0.05) is 16.3 Å². The molecule has 2 heterocycles. The molecule has 2 aromatic carbocycles. The number of rotatable bonds is 4. The van der Waals surface area contributed by atoms with E-state index in [1.54, 1.807) is 18.2 Å². The van der Waals surface area contributed by atoms with Gasteiger partial charge in [0.2, 0.25) is 5.91 Å². The molecule has 0 bridgehead atoms. The summed E-state index contributed by atoms with van der Waals surface area (Å²) in [5.41, 5.74) is 4.54. The first-order valence-electron chi connectivity index (χ1n) is 8.80. The fourth-order valence-corrected chi connectivity index (χ4v) is 3.72. The highest BCUT2D eigenvalue weighted by molar-refractivity contribution is 7.14. The monoisotopic (exact) mass is 390 g/mol. The normalized spacial score (nSPS) is 10.9. The van der Waals surface area contributed by atoms with E-state index in [2.05, 4.69) is 46.5 Å². The molecule has 2 N–H and O–H groups in total. The smallest absolute Gasteiger partial charge is 0.272 e. The van der Waals surface area contributed by atoms with Crippen LogP contribution in [0.25, 0.3) is 22.0 Å². The van der Waals surface area contributed by atoms with Crippen LogP contribution in [0.5, 0.6) is 0 Å². The van der Waals surface area contributed by atoms with Gasteiger partial charge in [0.25, 0.3) is 5.56 Å². The molecular formula is C21H18N4O2S. The number of carbonyl (C=O) groups excluding carboxylic acids is 1. The summed E-state index contributed by atoms with van der Waals surface area (Å²) in [5, 5.41) is 13.0. The van der Waals surface area contributed by atoms with E-state index in [-0.39, 0.29) is 17.9 Å². The van der Waals surface area contributed by atoms with Crippen molar-refractivity contribution in [3.63, 3.8) is 0 Å². The molecule has 4 rings (SSSR count). The first kappa shape index (κ1) is 18.1. The third kappa shape index (κ3) is 3.57. The summed E-state index contributed by atoms with van der Waals surface area (Å²) in [4.78, 5) is 28.9. The average Bonchev–Trinajstić information content (AvgIpc) is 3.15. The largest absolute Gasteiger partial charge is 0.302 e. The lowest BCUT2D eigenvalue weighted by Gasteiger charge is -2.05. The second-order valence-corrected chi connectivity index (χ2v) is 7.47. The maximum absolute atomic E-state index is 12.5. The van der Waals surface area contributed by atoms with Gasteiger partial charge in [-0.3, -0.25) is 9.59 Å². The van der Waals surface area contributed by atoms with E-state index < -0.39 is 0 Å². The number of H-pyrrole nitrogens is 1. The highest BCUT2D eigenvalue weighted by Gasteiger charge is 2.13. The molecule has 140 valence electrons. The molecule has 0 spiro atoms. The Morgan fingerprint density at radius 2 is 1.89 bits per heavy atom. The molecule has 0 fully saturated rings. The summed E-state index contributed by atoms with van der Waals surface area (Å²) < 4.78 is 0. The molecule has 4 aromatic rings. The lowest BCUT2D eigenvalue weighted by molar-refractivity contribution is -0.115. The van der Waals surface area contributed by atoms with Crippen LogP contribution in [0.2, 0.25) is 0 Å². The predicted molar refractivity (Wildman–Crippen MR) is 112 cm³/mol. The van der Waals surface area contributed by atoms with Crippen molar-refractivity contribution < 1.29 is 4.79 Å². The molecule has 0 radical (unpaired) electrons. The minimum atomic E-state index is -0.266. The number of amides is 1. The topological polar surface area (TPSA) is 87.7 Å². The summed E-state index contributed by atoms with van der Waals surface area (Å²) in [5.74, 6) is -0.231. The van der Waals surface area contributed by atoms with Gasteiger partial charge in [0.15, 0.2) is 5.13 Å². The van der Waals surface area contributed by atoms with E-state index >= 15 is 0 Å². The Morgan fingerprint density at radius 3 is 2.68 bits per heavy atom. The SMILES string of the molecule is Cc1ccc(-c2csc(NC(=O)Cc3n[nH]c(=O)c4ccccc34)n2)cc1C. The van der Waals surface area contributed by atoms with Gasteiger partial charge in [-0.25, -0.2) is 10.1 Å². The molecule has 6 nitrogen and oxygen atoms in total. The molecular weight excluding hydrogens is 372 g/mol. The molecule has 1 amide bonds. The molecule has 0 saturated carbocycles. The van der Waals surface area contributed by atoms with Crippen molar-refractivity contribution >= 4 is 33.1 Å². The van der Waals surface area contributed by atoms with Gasteiger partial charge in [0.05, 0.1) is 23.2 Å². The first-order chi connectivity index (χ1) is 13.5. The molecule has 0 aliphatic heterocycles. The number of aromatic nitrogens is 3. The van der Waals surface area contributed by atoms with Gasteiger partial charge in [-0.2, -0.15) is 5.10 Å². The van der Waals surface area contributed by atoms with E-state index in [4.69, 9.17) is 0 Å². The van der Waals surface area contributed by atoms with Gasteiger partial charge in [-0.05, 0) is 37.1 Å². The van der Waals surface area contributed by atoms with Crippen LogP contribution < -0.4 is 10.9 Å². The zero-order valence-electron chi connectivity index (χ0n) is 15.4. The number of nitrogens with zero attached hydrogens (tertiary/aromatic N) is 2. The number of fused-ring (bicyclic) bond motifs is 1. The number of anilines is 1. The summed E-state index contributed by atoms with van der Waals surface area (Å²) in [6.07, 6.45) is 0.0514. The van der Waals surface area contributed by atoms with Gasteiger partial charge < -0.3 is 5.32 Å². The van der Waals surface area contributed by atoms with Crippen LogP contribution in [0.1, 0.15) is 16.8 Å². The molecule has 0 saturated heterocycles. The number of nitrogens with one attached hydrogen (secondary N) is 2. The molecule has 7 heteroatoms. The number of aromatic amines is 1. The van der Waals surface area contributed by atoms with Crippen LogP contribution in [0.15, 0.2) is 52.6 Å². The molecule has 2 aromatic heterocycles. The zero-order chi connectivity index (χ0) is 19.7. The zero-order valence-corrected chi connectivity index (χ0v) is 16.3. The molecule has 0 unspecified atom stereocenters. The predicted octanol–water partition coefficient (Wildman–Crippen LogP) is 3.84. The second kappa shape index (κ2) is 7.36. The maximum atomic E-state index is 12.5. The van der Waals surface area contributed by atoms with Crippen molar-refractivity contribution in [2.45, 2.75) is 20.3 Å². The van der Waals surface area contributed by atoms with Crippen LogP contribution in [0, 0.1) is 13.8 Å². The van der Waals surface area contributed by atoms with Gasteiger partial charge in [-0.15, -0.1) is 11.3 Å². The van der Waals surface area contributed by atoms with E-state index in [1.807, 2.05) is 17.5 Å². The van der Waals surface area contributed by atoms with Gasteiger partial charge >= 0.3 is 0 Å². The van der Waals surface area contributed by atoms with Crippen molar-refractivity contribution in [1.82, 2.24) is 15.2 Å². The van der Waals surface area contributed by atoms with E-state index in [9.17, 15) is 9.59 Å². The Kier molecular flexibility index (Phi) is 4.75. The minimum absolute atomic E-state index is 0.0514. The second-order valence-electron chi connectivity index (χ2n) is 6.61. The fourth-order valence-electron chi connectivity index (χ4n) is 2.99. The highest BCUT2D eigenvalue weighted by Crippen LogP contribution is 2.26. The van der Waals surface area contributed by atoms with E-state index in [1.165, 1.54) is 22.5 Å². The quantitative estimate of drug-likeness (QED) is 0.554. The van der Waals surface area contributed by atoms with Gasteiger partial charge in [0.1, 0.15) is 0 Å². The minimum Gasteiger partial charge on any atom is -0.302 e. The maximum Gasteiger partial charge on any atom is 0.272 e. The summed E-state index contributed by atoms with van der Waals surface area (Å²) in [7, 11) is 0. The Bertz CT molecular complexity index is 1240. The Morgan fingerprint density at radius 1 is 1.11 bits per heavy atom. The van der Waals surface area contributed by atoms with Crippen molar-refractivity contribution in [2.75, 3.05) is 5.32 Å². The molecule has 0 aliphatic rings. The fraction of sp³-hybridized carbons (Fsp3) is 0.143. The van der Waals surface area contributed by atoms with Crippen LogP contribution >= 0.6 is 11.3 Å². The van der Waals surface area contributed by atoms with E-state index in [0.29, 0.717) is 21.6 Å². The van der Waals surface area contributed by atoms with Crippen molar-refractivity contribution in [3.05, 3.63) is 75.0 Å². The Labute approximate surface area is 165 Å². The third-order valence-electron chi connectivity index (χ3n) is 4.66. The van der Waals surface area contributed by atoms with Crippen LogP contribution in [0.3, 0.4) is 0 Å².